The Morgan fingerprint density at radius 2 is 2.06 bits per heavy atom. The van der Waals surface area contributed by atoms with E-state index in [4.69, 9.17) is 0 Å². The van der Waals surface area contributed by atoms with Crippen LogP contribution in [0, 0.1) is 6.92 Å². The molecule has 0 aliphatic carbocycles. The number of ketones is 1. The SMILES string of the molecule is CNC(=O)c1ccc(N2CC(=O)CC2=O)c(C)c1. The van der Waals surface area contributed by atoms with E-state index in [0.717, 1.165) is 5.56 Å². The van der Waals surface area contributed by atoms with Gasteiger partial charge in [0.25, 0.3) is 5.91 Å². The van der Waals surface area contributed by atoms with Crippen LogP contribution in [0.15, 0.2) is 18.2 Å². The van der Waals surface area contributed by atoms with E-state index in [1.165, 1.54) is 4.90 Å². The molecule has 2 amide bonds. The van der Waals surface area contributed by atoms with E-state index in [-0.39, 0.29) is 30.6 Å². The molecule has 1 aromatic rings. The lowest BCUT2D eigenvalue weighted by Gasteiger charge is -2.17. The summed E-state index contributed by atoms with van der Waals surface area (Å²) in [6.07, 6.45) is -0.0311. The van der Waals surface area contributed by atoms with Crippen LogP contribution < -0.4 is 10.2 Å². The average Bonchev–Trinajstić information content (AvgIpc) is 2.67. The molecule has 1 heterocycles. The first-order chi connectivity index (χ1) is 8.52. The minimum absolute atomic E-state index is 0.0311. The first-order valence-electron chi connectivity index (χ1n) is 5.67. The summed E-state index contributed by atoms with van der Waals surface area (Å²) < 4.78 is 0. The molecule has 1 aliphatic heterocycles. The first kappa shape index (κ1) is 12.3. The number of rotatable bonds is 2. The molecule has 0 saturated carbocycles. The zero-order valence-corrected chi connectivity index (χ0v) is 10.3. The van der Waals surface area contributed by atoms with Crippen molar-refractivity contribution in [1.29, 1.82) is 0 Å². The number of benzene rings is 1. The molecule has 0 unspecified atom stereocenters. The summed E-state index contributed by atoms with van der Waals surface area (Å²) in [4.78, 5) is 35.8. The summed E-state index contributed by atoms with van der Waals surface area (Å²) in [6, 6.07) is 5.07. The number of nitrogens with one attached hydrogen (secondary N) is 1. The highest BCUT2D eigenvalue weighted by Gasteiger charge is 2.29. The van der Waals surface area contributed by atoms with E-state index in [0.29, 0.717) is 11.3 Å². The molecular formula is C13H14N2O3. The Morgan fingerprint density at radius 3 is 2.56 bits per heavy atom. The molecule has 0 radical (unpaired) electrons. The molecule has 1 aliphatic rings. The Balaban J connectivity index is 2.33. The molecular weight excluding hydrogens is 232 g/mol. The Morgan fingerprint density at radius 1 is 1.33 bits per heavy atom. The van der Waals surface area contributed by atoms with Crippen molar-refractivity contribution in [2.45, 2.75) is 13.3 Å². The van der Waals surface area contributed by atoms with Crippen molar-refractivity contribution in [3.8, 4) is 0 Å². The summed E-state index contributed by atoms with van der Waals surface area (Å²) in [6.45, 7) is 1.94. The number of aryl methyl sites for hydroxylation is 1. The van der Waals surface area contributed by atoms with Crippen LogP contribution >= 0.6 is 0 Å². The van der Waals surface area contributed by atoms with Gasteiger partial charge in [-0.1, -0.05) is 0 Å². The largest absolute Gasteiger partial charge is 0.355 e. The van der Waals surface area contributed by atoms with Gasteiger partial charge in [-0.05, 0) is 30.7 Å². The molecule has 2 rings (SSSR count). The van der Waals surface area contributed by atoms with Gasteiger partial charge >= 0.3 is 0 Å². The molecule has 0 bridgehead atoms. The molecule has 1 saturated heterocycles. The van der Waals surface area contributed by atoms with E-state index in [1.54, 1.807) is 25.2 Å². The zero-order chi connectivity index (χ0) is 13.3. The molecule has 0 atom stereocenters. The third-order valence-electron chi connectivity index (χ3n) is 2.96. The highest BCUT2D eigenvalue weighted by Crippen LogP contribution is 2.24. The third-order valence-corrected chi connectivity index (χ3v) is 2.96. The third kappa shape index (κ3) is 2.11. The maximum Gasteiger partial charge on any atom is 0.251 e. The number of hydrogen-bond acceptors (Lipinski definition) is 3. The van der Waals surface area contributed by atoms with Crippen molar-refractivity contribution < 1.29 is 14.4 Å². The molecule has 1 N–H and O–H groups in total. The molecule has 0 aromatic heterocycles. The predicted molar refractivity (Wildman–Crippen MR) is 66.5 cm³/mol. The van der Waals surface area contributed by atoms with Crippen molar-refractivity contribution in [3.05, 3.63) is 29.3 Å². The lowest BCUT2D eigenvalue weighted by atomic mass is 10.1. The highest BCUT2D eigenvalue weighted by molar-refractivity contribution is 6.15. The Bertz CT molecular complexity index is 537. The van der Waals surface area contributed by atoms with Gasteiger partial charge in [-0.2, -0.15) is 0 Å². The average molecular weight is 246 g/mol. The number of carbonyl (C=O) groups excluding carboxylic acids is 3. The van der Waals surface area contributed by atoms with E-state index in [2.05, 4.69) is 5.32 Å². The Hall–Kier alpha value is -2.17. The molecule has 1 fully saturated rings. The van der Waals surface area contributed by atoms with Crippen LogP contribution in [0.1, 0.15) is 22.3 Å². The topological polar surface area (TPSA) is 66.5 Å². The Kier molecular flexibility index (Phi) is 3.14. The van der Waals surface area contributed by atoms with Gasteiger partial charge < -0.3 is 10.2 Å². The fourth-order valence-electron chi connectivity index (χ4n) is 2.05. The van der Waals surface area contributed by atoms with Gasteiger partial charge in [0.15, 0.2) is 5.78 Å². The molecule has 5 nitrogen and oxygen atoms in total. The van der Waals surface area contributed by atoms with Crippen molar-refractivity contribution >= 4 is 23.3 Å². The molecule has 94 valence electrons. The number of hydrogen-bond donors (Lipinski definition) is 1. The minimum Gasteiger partial charge on any atom is -0.355 e. The normalized spacial score (nSPS) is 15.1. The maximum atomic E-state index is 11.6. The quantitative estimate of drug-likeness (QED) is 0.779. The van der Waals surface area contributed by atoms with Gasteiger partial charge in [0.1, 0.15) is 0 Å². The molecule has 0 spiro atoms. The van der Waals surface area contributed by atoms with Crippen LogP contribution in [-0.4, -0.2) is 31.2 Å². The lowest BCUT2D eigenvalue weighted by Crippen LogP contribution is -2.25. The van der Waals surface area contributed by atoms with Crippen molar-refractivity contribution in [3.63, 3.8) is 0 Å². The summed E-state index contributed by atoms with van der Waals surface area (Å²) in [7, 11) is 1.56. The molecule has 5 heteroatoms. The number of amides is 2. The smallest absolute Gasteiger partial charge is 0.251 e. The van der Waals surface area contributed by atoms with E-state index in [9.17, 15) is 14.4 Å². The van der Waals surface area contributed by atoms with Crippen LogP contribution in [0.3, 0.4) is 0 Å². The standard InChI is InChI=1S/C13H14N2O3/c1-8-5-9(13(18)14-2)3-4-11(8)15-7-10(16)6-12(15)17/h3-5H,6-7H2,1-2H3,(H,14,18). The fourth-order valence-corrected chi connectivity index (χ4v) is 2.05. The summed E-state index contributed by atoms with van der Waals surface area (Å²) in [5.41, 5.74) is 2.04. The van der Waals surface area contributed by atoms with Crippen molar-refractivity contribution in [1.82, 2.24) is 5.32 Å². The fraction of sp³-hybridized carbons (Fsp3) is 0.308. The van der Waals surface area contributed by atoms with E-state index < -0.39 is 0 Å². The van der Waals surface area contributed by atoms with Crippen molar-refractivity contribution in [2.75, 3.05) is 18.5 Å². The second-order valence-corrected chi connectivity index (χ2v) is 4.28. The Labute approximate surface area is 105 Å². The van der Waals surface area contributed by atoms with Gasteiger partial charge in [0, 0.05) is 18.3 Å². The van der Waals surface area contributed by atoms with Crippen molar-refractivity contribution in [2.24, 2.45) is 0 Å². The van der Waals surface area contributed by atoms with Crippen LogP contribution in [0.4, 0.5) is 5.69 Å². The van der Waals surface area contributed by atoms with Crippen LogP contribution in [-0.2, 0) is 9.59 Å². The zero-order valence-electron chi connectivity index (χ0n) is 10.3. The van der Waals surface area contributed by atoms with Gasteiger partial charge in [-0.25, -0.2) is 0 Å². The second kappa shape index (κ2) is 4.60. The number of nitrogens with zero attached hydrogens (tertiary/aromatic N) is 1. The lowest BCUT2D eigenvalue weighted by molar-refractivity contribution is -0.121. The summed E-state index contributed by atoms with van der Waals surface area (Å²) in [5, 5.41) is 2.54. The monoisotopic (exact) mass is 246 g/mol. The highest BCUT2D eigenvalue weighted by atomic mass is 16.2. The van der Waals surface area contributed by atoms with Crippen LogP contribution in [0.25, 0.3) is 0 Å². The number of anilines is 1. The van der Waals surface area contributed by atoms with Gasteiger partial charge in [-0.15, -0.1) is 0 Å². The predicted octanol–water partition coefficient (Wildman–Crippen LogP) is 0.660. The minimum atomic E-state index is -0.184. The first-order valence-corrected chi connectivity index (χ1v) is 5.67. The van der Waals surface area contributed by atoms with E-state index >= 15 is 0 Å². The summed E-state index contributed by atoms with van der Waals surface area (Å²) in [5.74, 6) is -0.431. The molecule has 1 aromatic carbocycles. The van der Waals surface area contributed by atoms with Crippen LogP contribution in [0.2, 0.25) is 0 Å². The maximum absolute atomic E-state index is 11.6. The van der Waals surface area contributed by atoms with Gasteiger partial charge in [0.05, 0.1) is 13.0 Å². The summed E-state index contributed by atoms with van der Waals surface area (Å²) >= 11 is 0. The van der Waals surface area contributed by atoms with Gasteiger partial charge in [-0.3, -0.25) is 14.4 Å². The second-order valence-electron chi connectivity index (χ2n) is 4.28. The molecule has 18 heavy (non-hydrogen) atoms. The van der Waals surface area contributed by atoms with E-state index in [1.807, 2.05) is 6.92 Å². The number of Topliss-reactive ketones (excluding diaryl/α,β-unsaturated/α-hetero) is 1. The van der Waals surface area contributed by atoms with Gasteiger partial charge in [0.2, 0.25) is 5.91 Å². The van der Waals surface area contributed by atoms with Crippen LogP contribution in [0.5, 0.6) is 0 Å². The number of carbonyl (C=O) groups is 3.